The molecular formula is C12H12FN. The van der Waals surface area contributed by atoms with Gasteiger partial charge in [0.15, 0.2) is 0 Å². The number of benzene rings is 1. The Morgan fingerprint density at radius 3 is 3.14 bits per heavy atom. The molecule has 1 unspecified atom stereocenters. The van der Waals surface area contributed by atoms with Crippen molar-refractivity contribution in [3.63, 3.8) is 0 Å². The zero-order valence-corrected chi connectivity index (χ0v) is 7.96. The number of hydrogen-bond donors (Lipinski definition) is 0. The van der Waals surface area contributed by atoms with Crippen LogP contribution in [0, 0.1) is 17.1 Å². The topological polar surface area (TPSA) is 23.8 Å². The Morgan fingerprint density at radius 1 is 1.50 bits per heavy atom. The second kappa shape index (κ2) is 3.79. The van der Waals surface area contributed by atoms with Crippen molar-refractivity contribution in [2.24, 2.45) is 0 Å². The monoisotopic (exact) mass is 189 g/mol. The van der Waals surface area contributed by atoms with Gasteiger partial charge in [0.1, 0.15) is 5.82 Å². The summed E-state index contributed by atoms with van der Waals surface area (Å²) in [5, 5.41) is 8.67. The maximum Gasteiger partial charge on any atom is 0.123 e. The molecule has 1 aliphatic rings. The van der Waals surface area contributed by atoms with E-state index < -0.39 is 0 Å². The molecule has 1 aromatic carbocycles. The molecule has 0 aromatic heterocycles. The van der Waals surface area contributed by atoms with E-state index in [0.717, 1.165) is 24.8 Å². The first-order chi connectivity index (χ1) is 6.81. The van der Waals surface area contributed by atoms with E-state index >= 15 is 0 Å². The van der Waals surface area contributed by atoms with Crippen LogP contribution in [0.2, 0.25) is 0 Å². The number of aryl methyl sites for hydroxylation is 1. The number of nitriles is 1. The van der Waals surface area contributed by atoms with Crippen LogP contribution in [-0.4, -0.2) is 0 Å². The Hall–Kier alpha value is -1.36. The first kappa shape index (κ1) is 9.21. The summed E-state index contributed by atoms with van der Waals surface area (Å²) >= 11 is 0. The third kappa shape index (κ3) is 1.63. The van der Waals surface area contributed by atoms with Crippen LogP contribution in [0.5, 0.6) is 0 Å². The first-order valence-corrected chi connectivity index (χ1v) is 4.96. The fourth-order valence-electron chi connectivity index (χ4n) is 2.19. The Balaban J connectivity index is 2.37. The van der Waals surface area contributed by atoms with Crippen molar-refractivity contribution in [2.45, 2.75) is 31.6 Å². The van der Waals surface area contributed by atoms with E-state index in [-0.39, 0.29) is 11.7 Å². The smallest absolute Gasteiger partial charge is 0.123 e. The fourth-order valence-corrected chi connectivity index (χ4v) is 2.19. The molecule has 0 fully saturated rings. The van der Waals surface area contributed by atoms with Gasteiger partial charge in [-0.3, -0.25) is 0 Å². The molecule has 1 atom stereocenters. The molecule has 0 aliphatic heterocycles. The molecule has 1 nitrogen and oxygen atoms in total. The van der Waals surface area contributed by atoms with Gasteiger partial charge >= 0.3 is 0 Å². The van der Waals surface area contributed by atoms with Gasteiger partial charge < -0.3 is 0 Å². The van der Waals surface area contributed by atoms with Crippen LogP contribution in [0.25, 0.3) is 0 Å². The van der Waals surface area contributed by atoms with E-state index in [9.17, 15) is 4.39 Å². The summed E-state index contributed by atoms with van der Waals surface area (Å²) in [5.41, 5.74) is 2.27. The maximum absolute atomic E-state index is 13.0. The summed E-state index contributed by atoms with van der Waals surface area (Å²) in [4.78, 5) is 0. The number of nitrogens with zero attached hydrogens (tertiary/aromatic N) is 1. The Morgan fingerprint density at radius 2 is 2.36 bits per heavy atom. The lowest BCUT2D eigenvalue weighted by Gasteiger charge is -2.23. The summed E-state index contributed by atoms with van der Waals surface area (Å²) in [5.74, 6) is 0.0630. The minimum absolute atomic E-state index is 0.186. The minimum atomic E-state index is -0.186. The average Bonchev–Trinajstić information content (AvgIpc) is 2.19. The average molecular weight is 189 g/mol. The van der Waals surface area contributed by atoms with Crippen molar-refractivity contribution >= 4 is 0 Å². The third-order valence-electron chi connectivity index (χ3n) is 2.88. The molecule has 14 heavy (non-hydrogen) atoms. The van der Waals surface area contributed by atoms with Gasteiger partial charge in [-0.1, -0.05) is 6.07 Å². The van der Waals surface area contributed by atoms with Crippen molar-refractivity contribution in [1.29, 1.82) is 5.26 Å². The van der Waals surface area contributed by atoms with Gasteiger partial charge in [-0.05, 0) is 48.4 Å². The number of fused-ring (bicyclic) bond motifs is 1. The third-order valence-corrected chi connectivity index (χ3v) is 2.88. The molecular weight excluding hydrogens is 177 g/mol. The van der Waals surface area contributed by atoms with Crippen LogP contribution >= 0.6 is 0 Å². The highest BCUT2D eigenvalue weighted by molar-refractivity contribution is 5.33. The summed E-state index contributed by atoms with van der Waals surface area (Å²) in [6.45, 7) is 0. The van der Waals surface area contributed by atoms with Gasteiger partial charge in [0.2, 0.25) is 0 Å². The highest BCUT2D eigenvalue weighted by Crippen LogP contribution is 2.33. The summed E-state index contributed by atoms with van der Waals surface area (Å²) < 4.78 is 13.0. The standard InChI is InChI=1S/C12H12FN/c13-11-5-4-9-2-1-3-10(6-7-14)12(9)8-11/h4-5,8,10H,1-3,6H2. The van der Waals surface area contributed by atoms with Gasteiger partial charge in [-0.2, -0.15) is 5.26 Å². The van der Waals surface area contributed by atoms with Gasteiger partial charge in [0.05, 0.1) is 6.07 Å². The molecule has 0 spiro atoms. The normalized spacial score (nSPS) is 19.9. The van der Waals surface area contributed by atoms with E-state index in [1.165, 1.54) is 11.6 Å². The Kier molecular flexibility index (Phi) is 2.49. The van der Waals surface area contributed by atoms with Crippen molar-refractivity contribution in [1.82, 2.24) is 0 Å². The van der Waals surface area contributed by atoms with Crippen molar-refractivity contribution < 1.29 is 4.39 Å². The maximum atomic E-state index is 13.0. The van der Waals surface area contributed by atoms with E-state index in [0.29, 0.717) is 6.42 Å². The highest BCUT2D eigenvalue weighted by Gasteiger charge is 2.20. The highest BCUT2D eigenvalue weighted by atomic mass is 19.1. The number of rotatable bonds is 1. The van der Waals surface area contributed by atoms with Gasteiger partial charge in [-0.15, -0.1) is 0 Å². The molecule has 72 valence electrons. The lowest BCUT2D eigenvalue weighted by Crippen LogP contribution is -2.09. The van der Waals surface area contributed by atoms with E-state index in [2.05, 4.69) is 6.07 Å². The molecule has 1 aromatic rings. The number of hydrogen-bond acceptors (Lipinski definition) is 1. The Bertz CT molecular complexity index is 378. The molecule has 1 aliphatic carbocycles. The zero-order chi connectivity index (χ0) is 9.97. The second-order valence-corrected chi connectivity index (χ2v) is 3.79. The van der Waals surface area contributed by atoms with Gasteiger partial charge in [-0.25, -0.2) is 4.39 Å². The Labute approximate surface area is 83.2 Å². The summed E-state index contributed by atoms with van der Waals surface area (Å²) in [7, 11) is 0. The molecule has 2 heteroatoms. The van der Waals surface area contributed by atoms with Crippen LogP contribution in [0.4, 0.5) is 4.39 Å². The van der Waals surface area contributed by atoms with Crippen molar-refractivity contribution in [3.05, 3.63) is 35.1 Å². The summed E-state index contributed by atoms with van der Waals surface area (Å²) in [6, 6.07) is 7.13. The van der Waals surface area contributed by atoms with Gasteiger partial charge in [0, 0.05) is 6.42 Å². The molecule has 0 bridgehead atoms. The van der Waals surface area contributed by atoms with E-state index in [1.807, 2.05) is 6.07 Å². The zero-order valence-electron chi connectivity index (χ0n) is 7.96. The van der Waals surface area contributed by atoms with E-state index in [1.54, 1.807) is 6.07 Å². The van der Waals surface area contributed by atoms with E-state index in [4.69, 9.17) is 5.26 Å². The van der Waals surface area contributed by atoms with Crippen LogP contribution < -0.4 is 0 Å². The fraction of sp³-hybridized carbons (Fsp3) is 0.417. The van der Waals surface area contributed by atoms with Gasteiger partial charge in [0.25, 0.3) is 0 Å². The molecule has 0 radical (unpaired) electrons. The quantitative estimate of drug-likeness (QED) is 0.665. The molecule has 0 amide bonds. The predicted octanol–water partition coefficient (Wildman–Crippen LogP) is 3.16. The molecule has 0 N–H and O–H groups in total. The first-order valence-electron chi connectivity index (χ1n) is 4.96. The SMILES string of the molecule is N#CCC1CCCc2ccc(F)cc21. The summed E-state index contributed by atoms with van der Waals surface area (Å²) in [6.07, 6.45) is 3.67. The van der Waals surface area contributed by atoms with Crippen molar-refractivity contribution in [3.8, 4) is 6.07 Å². The molecule has 0 saturated carbocycles. The largest absolute Gasteiger partial charge is 0.207 e. The van der Waals surface area contributed by atoms with Crippen LogP contribution in [0.3, 0.4) is 0 Å². The minimum Gasteiger partial charge on any atom is -0.207 e. The predicted molar refractivity (Wildman–Crippen MR) is 52.3 cm³/mol. The molecule has 0 heterocycles. The molecule has 2 rings (SSSR count). The van der Waals surface area contributed by atoms with Crippen LogP contribution in [-0.2, 0) is 6.42 Å². The van der Waals surface area contributed by atoms with Crippen LogP contribution in [0.1, 0.15) is 36.3 Å². The van der Waals surface area contributed by atoms with Crippen molar-refractivity contribution in [2.75, 3.05) is 0 Å². The second-order valence-electron chi connectivity index (χ2n) is 3.79. The lowest BCUT2D eigenvalue weighted by atomic mass is 9.81. The lowest BCUT2D eigenvalue weighted by molar-refractivity contribution is 0.550. The number of halogens is 1. The van der Waals surface area contributed by atoms with Crippen LogP contribution in [0.15, 0.2) is 18.2 Å². The molecule has 0 saturated heterocycles.